The molecule has 3 rings (SSSR count). The Morgan fingerprint density at radius 2 is 1.95 bits per heavy atom. The van der Waals surface area contributed by atoms with Crippen molar-refractivity contribution in [3.05, 3.63) is 6.07 Å². The first-order chi connectivity index (χ1) is 9.76. The predicted octanol–water partition coefficient (Wildman–Crippen LogP) is 0.409. The van der Waals surface area contributed by atoms with Crippen LogP contribution in [0.2, 0.25) is 0 Å². The topological polar surface area (TPSA) is 96.3 Å². The highest BCUT2D eigenvalue weighted by molar-refractivity contribution is 5.52. The van der Waals surface area contributed by atoms with E-state index in [1.807, 2.05) is 6.07 Å². The van der Waals surface area contributed by atoms with Crippen LogP contribution in [-0.4, -0.2) is 47.1 Å². The molecular formula is C13H23N7. The third kappa shape index (κ3) is 2.78. The van der Waals surface area contributed by atoms with Gasteiger partial charge in [0.15, 0.2) is 0 Å². The minimum Gasteiger partial charge on any atom is -0.368 e. The van der Waals surface area contributed by atoms with E-state index in [1.165, 1.54) is 38.8 Å². The molecule has 2 aliphatic heterocycles. The summed E-state index contributed by atoms with van der Waals surface area (Å²) in [5.41, 5.74) is 8.26. The minimum atomic E-state index is 0.261. The van der Waals surface area contributed by atoms with Crippen LogP contribution in [0.5, 0.6) is 0 Å². The van der Waals surface area contributed by atoms with E-state index in [9.17, 15) is 0 Å². The molecule has 2 fully saturated rings. The Balaban J connectivity index is 1.68. The van der Waals surface area contributed by atoms with Crippen molar-refractivity contribution >= 4 is 17.6 Å². The third-order valence-electron chi connectivity index (χ3n) is 4.27. The molecule has 0 spiro atoms. The molecule has 0 aliphatic carbocycles. The quantitative estimate of drug-likeness (QED) is 0.544. The second kappa shape index (κ2) is 5.80. The molecule has 7 heteroatoms. The monoisotopic (exact) mass is 277 g/mol. The highest BCUT2D eigenvalue weighted by Crippen LogP contribution is 2.25. The molecule has 0 aromatic carbocycles. The van der Waals surface area contributed by atoms with Crippen LogP contribution in [0.3, 0.4) is 0 Å². The van der Waals surface area contributed by atoms with E-state index in [2.05, 4.69) is 25.2 Å². The van der Waals surface area contributed by atoms with Gasteiger partial charge in [0, 0.05) is 25.2 Å². The molecule has 3 heterocycles. The third-order valence-corrected chi connectivity index (χ3v) is 4.27. The van der Waals surface area contributed by atoms with Gasteiger partial charge >= 0.3 is 0 Å². The van der Waals surface area contributed by atoms with Crippen molar-refractivity contribution in [1.29, 1.82) is 0 Å². The summed E-state index contributed by atoms with van der Waals surface area (Å²) >= 11 is 0. The minimum absolute atomic E-state index is 0.261. The number of piperidine rings is 1. The lowest BCUT2D eigenvalue weighted by Gasteiger charge is -2.32. The maximum Gasteiger partial charge on any atom is 0.223 e. The van der Waals surface area contributed by atoms with E-state index < -0.39 is 0 Å². The van der Waals surface area contributed by atoms with Crippen molar-refractivity contribution in [3.8, 4) is 0 Å². The molecule has 1 aromatic rings. The summed E-state index contributed by atoms with van der Waals surface area (Å²) in [6.45, 7) is 4.50. The number of nitrogens with zero attached hydrogens (tertiary/aromatic N) is 4. The van der Waals surface area contributed by atoms with Gasteiger partial charge in [-0.2, -0.15) is 9.97 Å². The molecule has 1 unspecified atom stereocenters. The van der Waals surface area contributed by atoms with Gasteiger partial charge in [-0.3, -0.25) is 4.90 Å². The Hall–Kier alpha value is -1.60. The van der Waals surface area contributed by atoms with E-state index in [4.69, 9.17) is 11.6 Å². The standard InChI is InChI=1S/C13H23N7/c14-13-16-11(18-15)8-12(17-13)20-7-4-10(9-20)19-5-2-1-3-6-19/h8,10H,1-7,9,15H2,(H3,14,16,17,18). The molecule has 0 saturated carbocycles. The molecule has 7 nitrogen and oxygen atoms in total. The number of hydrogen-bond donors (Lipinski definition) is 3. The molecule has 1 aromatic heterocycles. The van der Waals surface area contributed by atoms with Crippen molar-refractivity contribution < 1.29 is 0 Å². The molecule has 110 valence electrons. The Kier molecular flexibility index (Phi) is 3.88. The number of rotatable bonds is 3. The molecular weight excluding hydrogens is 254 g/mol. The molecule has 0 radical (unpaired) electrons. The molecule has 0 amide bonds. The number of hydrazine groups is 1. The van der Waals surface area contributed by atoms with E-state index in [0.29, 0.717) is 11.9 Å². The number of nitrogens with two attached hydrogens (primary N) is 2. The summed E-state index contributed by atoms with van der Waals surface area (Å²) in [7, 11) is 0. The number of nitrogen functional groups attached to an aromatic ring is 2. The van der Waals surface area contributed by atoms with Crippen LogP contribution in [0, 0.1) is 0 Å². The summed E-state index contributed by atoms with van der Waals surface area (Å²) in [5, 5.41) is 0. The fourth-order valence-electron chi connectivity index (χ4n) is 3.22. The summed E-state index contributed by atoms with van der Waals surface area (Å²) in [5.74, 6) is 7.10. The number of anilines is 3. The van der Waals surface area contributed by atoms with Gasteiger partial charge in [0.1, 0.15) is 11.6 Å². The zero-order chi connectivity index (χ0) is 13.9. The molecule has 2 aliphatic rings. The molecule has 0 bridgehead atoms. The van der Waals surface area contributed by atoms with Crippen LogP contribution in [0.4, 0.5) is 17.6 Å². The molecule has 5 N–H and O–H groups in total. The summed E-state index contributed by atoms with van der Waals surface area (Å²) in [6, 6.07) is 2.50. The summed E-state index contributed by atoms with van der Waals surface area (Å²) in [4.78, 5) is 13.2. The first-order valence-corrected chi connectivity index (χ1v) is 7.36. The first-order valence-electron chi connectivity index (χ1n) is 7.36. The molecule has 20 heavy (non-hydrogen) atoms. The van der Waals surface area contributed by atoms with Gasteiger partial charge in [-0.15, -0.1) is 0 Å². The highest BCUT2D eigenvalue weighted by atomic mass is 15.3. The SMILES string of the molecule is NNc1cc(N2CCC(N3CCCCC3)C2)nc(N)n1. The fraction of sp³-hybridized carbons (Fsp3) is 0.692. The van der Waals surface area contributed by atoms with Gasteiger partial charge < -0.3 is 16.1 Å². The van der Waals surface area contributed by atoms with Crippen LogP contribution in [-0.2, 0) is 0 Å². The van der Waals surface area contributed by atoms with Gasteiger partial charge in [0.25, 0.3) is 0 Å². The van der Waals surface area contributed by atoms with E-state index in [1.54, 1.807) is 0 Å². The van der Waals surface area contributed by atoms with Gasteiger partial charge in [-0.25, -0.2) is 5.84 Å². The second-order valence-electron chi connectivity index (χ2n) is 5.60. The molecule has 2 saturated heterocycles. The lowest BCUT2D eigenvalue weighted by Crippen LogP contribution is -2.41. The Bertz CT molecular complexity index is 458. The predicted molar refractivity (Wildman–Crippen MR) is 80.3 cm³/mol. The van der Waals surface area contributed by atoms with Crippen molar-refractivity contribution in [2.45, 2.75) is 31.7 Å². The van der Waals surface area contributed by atoms with Crippen LogP contribution in [0.25, 0.3) is 0 Å². The van der Waals surface area contributed by atoms with E-state index in [-0.39, 0.29) is 5.95 Å². The van der Waals surface area contributed by atoms with Crippen molar-refractivity contribution in [3.63, 3.8) is 0 Å². The maximum atomic E-state index is 5.73. The van der Waals surface area contributed by atoms with Gasteiger partial charge in [0.2, 0.25) is 5.95 Å². The average molecular weight is 277 g/mol. The summed E-state index contributed by atoms with van der Waals surface area (Å²) < 4.78 is 0. The first kappa shape index (κ1) is 13.4. The van der Waals surface area contributed by atoms with Gasteiger partial charge in [-0.1, -0.05) is 6.42 Å². The number of likely N-dealkylation sites (tertiary alicyclic amines) is 1. The van der Waals surface area contributed by atoms with Gasteiger partial charge in [-0.05, 0) is 32.4 Å². The Morgan fingerprint density at radius 1 is 1.15 bits per heavy atom. The lowest BCUT2D eigenvalue weighted by molar-refractivity contribution is 0.175. The average Bonchev–Trinajstić information content (AvgIpc) is 2.97. The van der Waals surface area contributed by atoms with Crippen LogP contribution < -0.4 is 21.9 Å². The lowest BCUT2D eigenvalue weighted by atomic mass is 10.1. The zero-order valence-electron chi connectivity index (χ0n) is 11.8. The van der Waals surface area contributed by atoms with Crippen molar-refractivity contribution in [2.24, 2.45) is 5.84 Å². The second-order valence-corrected chi connectivity index (χ2v) is 5.60. The van der Waals surface area contributed by atoms with E-state index in [0.717, 1.165) is 18.9 Å². The highest BCUT2D eigenvalue weighted by Gasteiger charge is 2.29. The van der Waals surface area contributed by atoms with Crippen molar-refractivity contribution in [2.75, 3.05) is 42.2 Å². The van der Waals surface area contributed by atoms with Gasteiger partial charge in [0.05, 0.1) is 0 Å². The van der Waals surface area contributed by atoms with Crippen molar-refractivity contribution in [1.82, 2.24) is 14.9 Å². The maximum absolute atomic E-state index is 5.73. The fourth-order valence-corrected chi connectivity index (χ4v) is 3.22. The number of hydrogen-bond acceptors (Lipinski definition) is 7. The molecule has 1 atom stereocenters. The smallest absolute Gasteiger partial charge is 0.223 e. The zero-order valence-corrected chi connectivity index (χ0v) is 11.8. The number of aromatic nitrogens is 2. The normalized spacial score (nSPS) is 24.1. The largest absolute Gasteiger partial charge is 0.368 e. The van der Waals surface area contributed by atoms with Crippen LogP contribution >= 0.6 is 0 Å². The number of nitrogens with one attached hydrogen (secondary N) is 1. The van der Waals surface area contributed by atoms with Crippen LogP contribution in [0.15, 0.2) is 6.07 Å². The van der Waals surface area contributed by atoms with E-state index >= 15 is 0 Å². The van der Waals surface area contributed by atoms with Crippen LogP contribution in [0.1, 0.15) is 25.7 Å². The Labute approximate surface area is 119 Å². The Morgan fingerprint density at radius 3 is 2.70 bits per heavy atom. The summed E-state index contributed by atoms with van der Waals surface area (Å²) in [6.07, 6.45) is 5.23.